The van der Waals surface area contributed by atoms with Gasteiger partial charge in [-0.3, -0.25) is 14.8 Å². The fraction of sp³-hybridized carbons (Fsp3) is 0.0667. The van der Waals surface area contributed by atoms with Gasteiger partial charge in [-0.2, -0.15) is 0 Å². The van der Waals surface area contributed by atoms with Crippen molar-refractivity contribution in [2.45, 2.75) is 6.92 Å². The normalized spacial score (nSPS) is 10.6. The summed E-state index contributed by atoms with van der Waals surface area (Å²) in [6.45, 7) is 1.81. The lowest BCUT2D eigenvalue weighted by Gasteiger charge is -2.08. The highest BCUT2D eigenvalue weighted by molar-refractivity contribution is 6.35. The van der Waals surface area contributed by atoms with Gasteiger partial charge in [0.1, 0.15) is 5.69 Å². The summed E-state index contributed by atoms with van der Waals surface area (Å²) in [6.07, 6.45) is 4.66. The van der Waals surface area contributed by atoms with Crippen LogP contribution in [0.2, 0.25) is 5.02 Å². The molecule has 2 heterocycles. The number of aryl methyl sites for hydroxylation is 1. The van der Waals surface area contributed by atoms with Crippen LogP contribution in [0, 0.1) is 6.92 Å². The van der Waals surface area contributed by atoms with Crippen LogP contribution in [0.4, 0.5) is 5.69 Å². The van der Waals surface area contributed by atoms with Crippen LogP contribution in [0.1, 0.15) is 16.2 Å². The first-order valence-corrected chi connectivity index (χ1v) is 6.66. The van der Waals surface area contributed by atoms with Crippen LogP contribution in [-0.2, 0) is 0 Å². The van der Waals surface area contributed by atoms with Gasteiger partial charge in [0, 0.05) is 17.8 Å². The van der Waals surface area contributed by atoms with Gasteiger partial charge < -0.3 is 5.32 Å². The van der Waals surface area contributed by atoms with E-state index >= 15 is 0 Å². The first-order chi connectivity index (χ1) is 10.1. The molecule has 0 aliphatic heterocycles. The number of rotatable bonds is 2. The smallest absolute Gasteiger partial charge is 0.275 e. The molecule has 0 radical (unpaired) electrons. The number of carbonyl (C=O) groups excluding carboxylic acids is 1. The monoisotopic (exact) mass is 298 g/mol. The van der Waals surface area contributed by atoms with E-state index in [0.29, 0.717) is 16.2 Å². The second-order valence-corrected chi connectivity index (χ2v) is 4.90. The molecule has 1 aromatic carbocycles. The summed E-state index contributed by atoms with van der Waals surface area (Å²) >= 11 is 6.10. The molecule has 21 heavy (non-hydrogen) atoms. The third-order valence-corrected chi connectivity index (χ3v) is 3.29. The lowest BCUT2D eigenvalue weighted by Crippen LogP contribution is -2.14. The third-order valence-electron chi connectivity index (χ3n) is 2.98. The molecule has 0 fully saturated rings. The van der Waals surface area contributed by atoms with Crippen molar-refractivity contribution in [3.05, 3.63) is 59.3 Å². The Bertz CT molecular complexity index is 818. The highest BCUT2D eigenvalue weighted by atomic mass is 35.5. The number of amides is 1. The van der Waals surface area contributed by atoms with Gasteiger partial charge in [-0.15, -0.1) is 0 Å². The SMILES string of the molecule is Cc1cnc(C(=O)Nc2ccc(Cl)c3ncccc23)cn1. The number of pyridine rings is 1. The first kappa shape index (κ1) is 13.5. The molecule has 0 unspecified atom stereocenters. The fourth-order valence-electron chi connectivity index (χ4n) is 1.94. The number of aromatic nitrogens is 3. The Balaban J connectivity index is 1.97. The van der Waals surface area contributed by atoms with Crippen molar-refractivity contribution in [1.82, 2.24) is 15.0 Å². The number of nitrogens with one attached hydrogen (secondary N) is 1. The van der Waals surface area contributed by atoms with Crippen LogP contribution < -0.4 is 5.32 Å². The zero-order chi connectivity index (χ0) is 14.8. The molecule has 104 valence electrons. The number of halogens is 1. The lowest BCUT2D eigenvalue weighted by atomic mass is 10.2. The van der Waals surface area contributed by atoms with E-state index in [0.717, 1.165) is 11.1 Å². The van der Waals surface area contributed by atoms with Crippen molar-refractivity contribution in [3.63, 3.8) is 0 Å². The number of fused-ring (bicyclic) bond motifs is 1. The molecule has 6 heteroatoms. The van der Waals surface area contributed by atoms with E-state index in [4.69, 9.17) is 11.6 Å². The zero-order valence-corrected chi connectivity index (χ0v) is 11.9. The second kappa shape index (κ2) is 5.46. The standard InChI is InChI=1S/C15H11ClN4O/c1-9-7-19-13(8-18-9)15(21)20-12-5-4-11(16)14-10(12)3-2-6-17-14/h2-8H,1H3,(H,20,21). The molecule has 0 saturated heterocycles. The van der Waals surface area contributed by atoms with E-state index in [-0.39, 0.29) is 11.6 Å². The Hall–Kier alpha value is -2.53. The molecular weight excluding hydrogens is 288 g/mol. The quantitative estimate of drug-likeness (QED) is 0.788. The molecule has 0 aliphatic carbocycles. The van der Waals surface area contributed by atoms with E-state index in [1.807, 2.05) is 13.0 Å². The van der Waals surface area contributed by atoms with Crippen molar-refractivity contribution >= 4 is 34.1 Å². The molecule has 3 aromatic rings. The number of hydrogen-bond donors (Lipinski definition) is 1. The molecule has 0 saturated carbocycles. The summed E-state index contributed by atoms with van der Waals surface area (Å²) in [5, 5.41) is 4.12. The zero-order valence-electron chi connectivity index (χ0n) is 11.2. The molecule has 0 aliphatic rings. The van der Waals surface area contributed by atoms with Crippen LogP contribution in [0.5, 0.6) is 0 Å². The topological polar surface area (TPSA) is 67.8 Å². The van der Waals surface area contributed by atoms with E-state index < -0.39 is 0 Å². The number of anilines is 1. The number of nitrogens with zero attached hydrogens (tertiary/aromatic N) is 3. The maximum atomic E-state index is 12.2. The van der Waals surface area contributed by atoms with Crippen molar-refractivity contribution < 1.29 is 4.79 Å². The van der Waals surface area contributed by atoms with Gasteiger partial charge in [-0.05, 0) is 31.2 Å². The summed E-state index contributed by atoms with van der Waals surface area (Å²) in [5.41, 5.74) is 2.29. The number of hydrogen-bond acceptors (Lipinski definition) is 4. The van der Waals surface area contributed by atoms with Gasteiger partial charge in [0.2, 0.25) is 0 Å². The molecule has 1 amide bonds. The first-order valence-electron chi connectivity index (χ1n) is 6.28. The summed E-state index contributed by atoms with van der Waals surface area (Å²) in [7, 11) is 0. The minimum atomic E-state index is -0.324. The van der Waals surface area contributed by atoms with Crippen molar-refractivity contribution in [2.24, 2.45) is 0 Å². The van der Waals surface area contributed by atoms with Gasteiger partial charge in [0.05, 0.1) is 28.1 Å². The van der Waals surface area contributed by atoms with E-state index in [9.17, 15) is 4.79 Å². The van der Waals surface area contributed by atoms with Crippen LogP contribution in [-0.4, -0.2) is 20.9 Å². The molecule has 0 spiro atoms. The summed E-state index contributed by atoms with van der Waals surface area (Å²) < 4.78 is 0. The van der Waals surface area contributed by atoms with Gasteiger partial charge >= 0.3 is 0 Å². The Labute approximate surface area is 126 Å². The molecule has 0 bridgehead atoms. The van der Waals surface area contributed by atoms with Crippen LogP contribution in [0.3, 0.4) is 0 Å². The van der Waals surface area contributed by atoms with E-state index in [2.05, 4.69) is 20.3 Å². The summed E-state index contributed by atoms with van der Waals surface area (Å²) in [4.78, 5) is 24.5. The summed E-state index contributed by atoms with van der Waals surface area (Å²) in [5.74, 6) is -0.324. The molecule has 1 N–H and O–H groups in total. The average Bonchev–Trinajstić information content (AvgIpc) is 2.51. The van der Waals surface area contributed by atoms with Gasteiger partial charge in [-0.1, -0.05) is 11.6 Å². The Morgan fingerprint density at radius 2 is 2.00 bits per heavy atom. The Morgan fingerprint density at radius 3 is 2.76 bits per heavy atom. The second-order valence-electron chi connectivity index (χ2n) is 4.49. The van der Waals surface area contributed by atoms with Gasteiger partial charge in [-0.25, -0.2) is 4.98 Å². The number of carbonyl (C=O) groups is 1. The maximum absolute atomic E-state index is 12.2. The predicted octanol–water partition coefficient (Wildman–Crippen LogP) is 3.24. The van der Waals surface area contributed by atoms with Gasteiger partial charge in [0.25, 0.3) is 5.91 Å². The molecule has 5 nitrogen and oxygen atoms in total. The minimum absolute atomic E-state index is 0.257. The van der Waals surface area contributed by atoms with Crippen molar-refractivity contribution in [3.8, 4) is 0 Å². The van der Waals surface area contributed by atoms with Crippen LogP contribution in [0.15, 0.2) is 42.9 Å². The highest BCUT2D eigenvalue weighted by Gasteiger charge is 2.11. The van der Waals surface area contributed by atoms with Crippen LogP contribution >= 0.6 is 11.6 Å². The largest absolute Gasteiger partial charge is 0.320 e. The number of benzene rings is 1. The van der Waals surface area contributed by atoms with Crippen molar-refractivity contribution in [1.29, 1.82) is 0 Å². The van der Waals surface area contributed by atoms with Crippen molar-refractivity contribution in [2.75, 3.05) is 5.32 Å². The van der Waals surface area contributed by atoms with Crippen LogP contribution in [0.25, 0.3) is 10.9 Å². The molecule has 2 aromatic heterocycles. The predicted molar refractivity (Wildman–Crippen MR) is 81.5 cm³/mol. The molecule has 3 rings (SSSR count). The highest BCUT2D eigenvalue weighted by Crippen LogP contribution is 2.28. The summed E-state index contributed by atoms with van der Waals surface area (Å²) in [6, 6.07) is 7.09. The fourth-order valence-corrected chi connectivity index (χ4v) is 2.16. The van der Waals surface area contributed by atoms with Gasteiger partial charge in [0.15, 0.2) is 0 Å². The lowest BCUT2D eigenvalue weighted by molar-refractivity contribution is 0.102. The third kappa shape index (κ3) is 2.68. The van der Waals surface area contributed by atoms with E-state index in [1.54, 1.807) is 30.6 Å². The average molecular weight is 299 g/mol. The minimum Gasteiger partial charge on any atom is -0.320 e. The molecule has 0 atom stereocenters. The Morgan fingerprint density at radius 1 is 1.14 bits per heavy atom. The molecular formula is C15H11ClN4O. The maximum Gasteiger partial charge on any atom is 0.275 e. The van der Waals surface area contributed by atoms with E-state index in [1.165, 1.54) is 6.20 Å². The Kier molecular flexibility index (Phi) is 3.50.